The van der Waals surface area contributed by atoms with Crippen LogP contribution in [-0.4, -0.2) is 51.4 Å². The van der Waals surface area contributed by atoms with Crippen LogP contribution in [0.3, 0.4) is 0 Å². The molecule has 6 heteroatoms. The highest BCUT2D eigenvalue weighted by atomic mass is 32.2. The second-order valence-corrected chi connectivity index (χ2v) is 7.18. The molecule has 0 bridgehead atoms. The molecule has 0 aromatic heterocycles. The van der Waals surface area contributed by atoms with Crippen LogP contribution in [0.1, 0.15) is 5.56 Å². The van der Waals surface area contributed by atoms with Crippen LogP contribution in [0, 0.1) is 18.3 Å². The molecular formula is C15H19N3O2S. The lowest BCUT2D eigenvalue weighted by atomic mass is 10.2. The first-order chi connectivity index (χ1) is 9.93. The van der Waals surface area contributed by atoms with E-state index in [1.165, 1.54) is 6.20 Å². The van der Waals surface area contributed by atoms with Crippen molar-refractivity contribution in [3.05, 3.63) is 40.9 Å². The third-order valence-electron chi connectivity index (χ3n) is 3.57. The van der Waals surface area contributed by atoms with Crippen molar-refractivity contribution in [2.24, 2.45) is 0 Å². The van der Waals surface area contributed by atoms with Crippen LogP contribution < -0.4 is 0 Å². The molecule has 0 radical (unpaired) electrons. The van der Waals surface area contributed by atoms with Crippen molar-refractivity contribution in [3.8, 4) is 6.07 Å². The Balaban J connectivity index is 2.28. The molecule has 1 aromatic rings. The number of likely N-dealkylation sites (N-methyl/N-ethyl adjacent to an activating group) is 1. The van der Waals surface area contributed by atoms with E-state index in [2.05, 4.69) is 4.90 Å². The van der Waals surface area contributed by atoms with Gasteiger partial charge >= 0.3 is 0 Å². The van der Waals surface area contributed by atoms with Crippen LogP contribution in [-0.2, 0) is 9.84 Å². The minimum Gasteiger partial charge on any atom is -0.373 e. The van der Waals surface area contributed by atoms with Crippen LogP contribution in [0.25, 0.3) is 0 Å². The summed E-state index contributed by atoms with van der Waals surface area (Å²) < 4.78 is 25.0. The minimum atomic E-state index is -3.74. The topological polar surface area (TPSA) is 64.4 Å². The number of piperazine rings is 1. The first-order valence-electron chi connectivity index (χ1n) is 6.80. The molecule has 1 aliphatic heterocycles. The highest BCUT2D eigenvalue weighted by molar-refractivity contribution is 7.95. The number of nitriles is 1. The Morgan fingerprint density at radius 1 is 1.19 bits per heavy atom. The van der Waals surface area contributed by atoms with Gasteiger partial charge in [-0.2, -0.15) is 5.26 Å². The summed E-state index contributed by atoms with van der Waals surface area (Å²) in [6.07, 6.45) is 1.47. The quantitative estimate of drug-likeness (QED) is 0.789. The predicted octanol–water partition coefficient (Wildman–Crippen LogP) is 1.38. The Morgan fingerprint density at radius 3 is 2.29 bits per heavy atom. The molecule has 0 N–H and O–H groups in total. The van der Waals surface area contributed by atoms with Gasteiger partial charge in [-0.3, -0.25) is 0 Å². The maximum absolute atomic E-state index is 12.5. The fraction of sp³-hybridized carbons (Fsp3) is 0.400. The number of aryl methyl sites for hydroxylation is 1. The molecule has 0 amide bonds. The first kappa shape index (κ1) is 15.5. The number of sulfone groups is 1. The lowest BCUT2D eigenvalue weighted by molar-refractivity contribution is 0.198. The molecule has 112 valence electrons. The summed E-state index contributed by atoms with van der Waals surface area (Å²) in [6.45, 7) is 5.07. The van der Waals surface area contributed by atoms with Gasteiger partial charge in [-0.05, 0) is 26.1 Å². The third-order valence-corrected chi connectivity index (χ3v) is 5.24. The van der Waals surface area contributed by atoms with E-state index >= 15 is 0 Å². The molecule has 1 aromatic carbocycles. The van der Waals surface area contributed by atoms with Crippen molar-refractivity contribution >= 4 is 9.84 Å². The van der Waals surface area contributed by atoms with Crippen LogP contribution >= 0.6 is 0 Å². The molecule has 0 aliphatic carbocycles. The summed E-state index contributed by atoms with van der Waals surface area (Å²) in [6, 6.07) is 8.38. The Kier molecular flexibility index (Phi) is 4.66. The van der Waals surface area contributed by atoms with E-state index in [0.29, 0.717) is 0 Å². The second-order valence-electron chi connectivity index (χ2n) is 5.26. The zero-order valence-corrected chi connectivity index (χ0v) is 13.1. The van der Waals surface area contributed by atoms with Gasteiger partial charge in [-0.15, -0.1) is 0 Å². The van der Waals surface area contributed by atoms with Gasteiger partial charge in [0.2, 0.25) is 9.84 Å². The summed E-state index contributed by atoms with van der Waals surface area (Å²) in [5, 5.41) is 9.23. The number of nitrogens with zero attached hydrogens (tertiary/aromatic N) is 3. The zero-order chi connectivity index (χ0) is 15.5. The predicted molar refractivity (Wildman–Crippen MR) is 81.1 cm³/mol. The Morgan fingerprint density at radius 2 is 1.76 bits per heavy atom. The number of rotatable bonds is 3. The first-order valence-corrected chi connectivity index (χ1v) is 8.28. The number of hydrogen-bond acceptors (Lipinski definition) is 5. The van der Waals surface area contributed by atoms with E-state index in [0.717, 1.165) is 31.7 Å². The summed E-state index contributed by atoms with van der Waals surface area (Å²) in [5.41, 5.74) is 0.982. The molecule has 1 heterocycles. The maximum atomic E-state index is 12.5. The molecular weight excluding hydrogens is 286 g/mol. The summed E-state index contributed by atoms with van der Waals surface area (Å²) >= 11 is 0. The van der Waals surface area contributed by atoms with E-state index in [9.17, 15) is 13.7 Å². The molecule has 0 spiro atoms. The van der Waals surface area contributed by atoms with E-state index < -0.39 is 9.84 Å². The lowest BCUT2D eigenvalue weighted by Crippen LogP contribution is -2.42. The SMILES string of the molecule is Cc1ccc(S(=O)(=O)C(C#N)=CN2CCN(C)CC2)cc1. The Hall–Kier alpha value is -1.84. The fourth-order valence-corrected chi connectivity index (χ4v) is 3.28. The normalized spacial score (nSPS) is 17.6. The second kappa shape index (κ2) is 6.29. The average Bonchev–Trinajstić information content (AvgIpc) is 2.47. The molecule has 0 saturated carbocycles. The van der Waals surface area contributed by atoms with Crippen LogP contribution in [0.5, 0.6) is 0 Å². The molecule has 2 rings (SSSR count). The fourth-order valence-electron chi connectivity index (χ4n) is 2.12. The highest BCUT2D eigenvalue weighted by Gasteiger charge is 2.22. The highest BCUT2D eigenvalue weighted by Crippen LogP contribution is 2.20. The standard InChI is InChI=1S/C15H19N3O2S/c1-13-3-5-14(6-4-13)21(19,20)15(11-16)12-18-9-7-17(2)8-10-18/h3-6,12H,7-10H2,1-2H3. The molecule has 21 heavy (non-hydrogen) atoms. The molecule has 1 saturated heterocycles. The molecule has 1 aliphatic rings. The number of allylic oxidation sites excluding steroid dienone is 1. The van der Waals surface area contributed by atoms with E-state index in [-0.39, 0.29) is 9.80 Å². The van der Waals surface area contributed by atoms with Crippen LogP contribution in [0.15, 0.2) is 40.3 Å². The van der Waals surface area contributed by atoms with Crippen LogP contribution in [0.2, 0.25) is 0 Å². The summed E-state index contributed by atoms with van der Waals surface area (Å²) in [7, 11) is -1.71. The average molecular weight is 305 g/mol. The molecule has 0 unspecified atom stereocenters. The van der Waals surface area contributed by atoms with Crippen molar-refractivity contribution in [2.75, 3.05) is 33.2 Å². The number of hydrogen-bond donors (Lipinski definition) is 0. The van der Waals surface area contributed by atoms with E-state index in [1.807, 2.05) is 24.9 Å². The van der Waals surface area contributed by atoms with Crippen molar-refractivity contribution in [1.29, 1.82) is 5.26 Å². The van der Waals surface area contributed by atoms with Gasteiger partial charge in [-0.1, -0.05) is 17.7 Å². The lowest BCUT2D eigenvalue weighted by Gasteiger charge is -2.31. The molecule has 5 nitrogen and oxygen atoms in total. The van der Waals surface area contributed by atoms with Crippen molar-refractivity contribution in [2.45, 2.75) is 11.8 Å². The van der Waals surface area contributed by atoms with Crippen molar-refractivity contribution < 1.29 is 8.42 Å². The summed E-state index contributed by atoms with van der Waals surface area (Å²) in [4.78, 5) is 4.03. The van der Waals surface area contributed by atoms with Gasteiger partial charge in [-0.25, -0.2) is 8.42 Å². The third kappa shape index (κ3) is 3.63. The van der Waals surface area contributed by atoms with Gasteiger partial charge < -0.3 is 9.80 Å². The minimum absolute atomic E-state index is 0.162. The smallest absolute Gasteiger partial charge is 0.218 e. The van der Waals surface area contributed by atoms with Gasteiger partial charge in [0.1, 0.15) is 6.07 Å². The maximum Gasteiger partial charge on any atom is 0.218 e. The van der Waals surface area contributed by atoms with Crippen molar-refractivity contribution in [1.82, 2.24) is 9.80 Å². The van der Waals surface area contributed by atoms with Crippen molar-refractivity contribution in [3.63, 3.8) is 0 Å². The van der Waals surface area contributed by atoms with Gasteiger partial charge in [0, 0.05) is 32.4 Å². The molecule has 1 fully saturated rings. The van der Waals surface area contributed by atoms with Gasteiger partial charge in [0.05, 0.1) is 4.90 Å². The zero-order valence-electron chi connectivity index (χ0n) is 12.3. The van der Waals surface area contributed by atoms with E-state index in [4.69, 9.17) is 0 Å². The van der Waals surface area contributed by atoms with Crippen LogP contribution in [0.4, 0.5) is 0 Å². The summed E-state index contributed by atoms with van der Waals surface area (Å²) in [5.74, 6) is 0. The Labute approximate surface area is 126 Å². The van der Waals surface area contributed by atoms with E-state index in [1.54, 1.807) is 24.3 Å². The Bertz CT molecular complexity index is 664. The van der Waals surface area contributed by atoms with Gasteiger partial charge in [0.15, 0.2) is 4.91 Å². The largest absolute Gasteiger partial charge is 0.373 e. The van der Waals surface area contributed by atoms with Gasteiger partial charge in [0.25, 0.3) is 0 Å². The molecule has 0 atom stereocenters. The monoisotopic (exact) mass is 305 g/mol. The number of benzene rings is 1.